The fraction of sp³-hybridized carbons (Fsp3) is 0.200. The molecule has 0 unspecified atom stereocenters. The standard InChI is InChI=1S/C35H31N7O/c1-20-13-25(11-12-36-20)39-24-4-9-31-34(18-24)42-35(41-31)32-10-5-26(19-37-32)40-33-14-21(2)38-30-8-3-22(17-29(30)33)23-15-27-6-7-28(16-23)43-27/h3-5,8-15,17-19,27-28H,6-7,16H2,1-2H3,(H,36,39)(H,38,40)(H,41,42)/t27-,28+/m0/s1. The molecule has 2 bridgehead atoms. The molecule has 6 heterocycles. The summed E-state index contributed by atoms with van der Waals surface area (Å²) in [6.45, 7) is 4.01. The number of imidazole rings is 1. The van der Waals surface area contributed by atoms with E-state index in [9.17, 15) is 0 Å². The van der Waals surface area contributed by atoms with Crippen molar-refractivity contribution in [2.24, 2.45) is 0 Å². The van der Waals surface area contributed by atoms with Gasteiger partial charge in [0, 0.05) is 40.0 Å². The van der Waals surface area contributed by atoms with Crippen LogP contribution in [0.3, 0.4) is 0 Å². The second-order valence-corrected chi connectivity index (χ2v) is 11.5. The summed E-state index contributed by atoms with van der Waals surface area (Å²) in [5.74, 6) is 0.729. The lowest BCUT2D eigenvalue weighted by Gasteiger charge is -2.21. The average molecular weight is 566 g/mol. The van der Waals surface area contributed by atoms with E-state index in [0.717, 1.165) is 86.9 Å². The van der Waals surface area contributed by atoms with Crippen LogP contribution in [-0.4, -0.2) is 37.1 Å². The highest BCUT2D eigenvalue weighted by atomic mass is 16.5. The number of aromatic nitrogens is 5. The fourth-order valence-electron chi connectivity index (χ4n) is 6.18. The number of benzene rings is 2. The Morgan fingerprint density at radius 1 is 0.791 bits per heavy atom. The molecule has 8 rings (SSSR count). The Morgan fingerprint density at radius 2 is 1.67 bits per heavy atom. The zero-order valence-corrected chi connectivity index (χ0v) is 24.1. The number of hydrogen-bond acceptors (Lipinski definition) is 7. The molecule has 1 saturated heterocycles. The molecule has 0 aliphatic carbocycles. The van der Waals surface area contributed by atoms with Gasteiger partial charge in [0.1, 0.15) is 5.69 Å². The van der Waals surface area contributed by atoms with Crippen LogP contribution in [0, 0.1) is 13.8 Å². The average Bonchev–Trinajstić information content (AvgIpc) is 3.59. The molecular formula is C35H31N7O. The molecule has 0 spiro atoms. The number of anilines is 4. The molecule has 0 amide bonds. The van der Waals surface area contributed by atoms with Crippen molar-refractivity contribution in [3.05, 3.63) is 102 Å². The third-order valence-corrected chi connectivity index (χ3v) is 8.23. The van der Waals surface area contributed by atoms with E-state index in [1.54, 1.807) is 6.20 Å². The molecule has 0 radical (unpaired) electrons. The summed E-state index contributed by atoms with van der Waals surface area (Å²) >= 11 is 0. The van der Waals surface area contributed by atoms with Crippen LogP contribution in [0.25, 0.3) is 39.0 Å². The summed E-state index contributed by atoms with van der Waals surface area (Å²) in [4.78, 5) is 22.0. The Morgan fingerprint density at radius 3 is 2.53 bits per heavy atom. The monoisotopic (exact) mass is 565 g/mol. The largest absolute Gasteiger partial charge is 0.371 e. The van der Waals surface area contributed by atoms with E-state index >= 15 is 0 Å². The number of H-pyrrole nitrogens is 1. The van der Waals surface area contributed by atoms with Crippen molar-refractivity contribution < 1.29 is 4.74 Å². The normalized spacial score (nSPS) is 17.8. The lowest BCUT2D eigenvalue weighted by atomic mass is 9.96. The molecule has 2 aliphatic rings. The van der Waals surface area contributed by atoms with Crippen molar-refractivity contribution in [1.29, 1.82) is 0 Å². The Bertz CT molecular complexity index is 2030. The highest BCUT2D eigenvalue weighted by Gasteiger charge is 2.30. The first-order valence-corrected chi connectivity index (χ1v) is 14.7. The first-order valence-electron chi connectivity index (χ1n) is 14.7. The quantitative estimate of drug-likeness (QED) is 0.188. The molecule has 2 atom stereocenters. The van der Waals surface area contributed by atoms with Crippen molar-refractivity contribution in [3.63, 3.8) is 0 Å². The van der Waals surface area contributed by atoms with Crippen LogP contribution in [0.15, 0.2) is 85.2 Å². The minimum absolute atomic E-state index is 0.254. The fourth-order valence-corrected chi connectivity index (χ4v) is 6.18. The number of pyridine rings is 3. The van der Waals surface area contributed by atoms with E-state index in [-0.39, 0.29) is 6.10 Å². The maximum absolute atomic E-state index is 6.02. The van der Waals surface area contributed by atoms with Crippen LogP contribution in [-0.2, 0) is 4.74 Å². The number of aryl methyl sites for hydroxylation is 2. The summed E-state index contributed by atoms with van der Waals surface area (Å²) in [6.07, 6.45) is 9.80. The second-order valence-electron chi connectivity index (χ2n) is 11.5. The highest BCUT2D eigenvalue weighted by molar-refractivity contribution is 5.95. The summed E-state index contributed by atoms with van der Waals surface area (Å²) in [5.41, 5.74) is 12.0. The second kappa shape index (κ2) is 10.3. The number of aromatic amines is 1. The summed E-state index contributed by atoms with van der Waals surface area (Å²) < 4.78 is 6.02. The lowest BCUT2D eigenvalue weighted by molar-refractivity contribution is 0.0671. The zero-order valence-electron chi connectivity index (χ0n) is 24.1. The molecule has 0 saturated carbocycles. The molecule has 8 heteroatoms. The van der Waals surface area contributed by atoms with Crippen LogP contribution >= 0.6 is 0 Å². The molecule has 8 nitrogen and oxygen atoms in total. The molecule has 43 heavy (non-hydrogen) atoms. The van der Waals surface area contributed by atoms with Gasteiger partial charge >= 0.3 is 0 Å². The zero-order chi connectivity index (χ0) is 28.9. The molecule has 4 aromatic heterocycles. The highest BCUT2D eigenvalue weighted by Crippen LogP contribution is 2.38. The molecule has 6 aromatic rings. The first kappa shape index (κ1) is 25.6. The number of fused-ring (bicyclic) bond motifs is 4. The number of ether oxygens (including phenoxy) is 1. The Labute approximate surface area is 249 Å². The van der Waals surface area contributed by atoms with E-state index in [0.29, 0.717) is 6.10 Å². The summed E-state index contributed by atoms with van der Waals surface area (Å²) in [7, 11) is 0. The van der Waals surface area contributed by atoms with Crippen LogP contribution in [0.4, 0.5) is 22.7 Å². The summed E-state index contributed by atoms with van der Waals surface area (Å²) in [6, 6.07) is 22.8. The van der Waals surface area contributed by atoms with E-state index in [4.69, 9.17) is 19.7 Å². The molecule has 1 fully saturated rings. The van der Waals surface area contributed by atoms with Crippen LogP contribution in [0.2, 0.25) is 0 Å². The first-order chi connectivity index (χ1) is 21.0. The van der Waals surface area contributed by atoms with Gasteiger partial charge in [0.15, 0.2) is 5.82 Å². The molecule has 3 N–H and O–H groups in total. The Balaban J connectivity index is 1.05. The van der Waals surface area contributed by atoms with Crippen molar-refractivity contribution in [3.8, 4) is 11.5 Å². The Kier molecular flexibility index (Phi) is 6.15. The smallest absolute Gasteiger partial charge is 0.157 e. The minimum Gasteiger partial charge on any atom is -0.371 e. The van der Waals surface area contributed by atoms with Gasteiger partial charge in [-0.05, 0) is 105 Å². The molecule has 2 aliphatic heterocycles. The van der Waals surface area contributed by atoms with Gasteiger partial charge in [0.2, 0.25) is 0 Å². The maximum atomic E-state index is 6.02. The minimum atomic E-state index is 0.254. The van der Waals surface area contributed by atoms with Gasteiger partial charge in [-0.3, -0.25) is 15.0 Å². The number of nitrogens with one attached hydrogen (secondary N) is 3. The number of nitrogens with zero attached hydrogens (tertiary/aromatic N) is 4. The summed E-state index contributed by atoms with van der Waals surface area (Å²) in [5, 5.41) is 8.13. The maximum Gasteiger partial charge on any atom is 0.157 e. The Hall–Kier alpha value is -5.08. The van der Waals surface area contributed by atoms with Gasteiger partial charge in [0.25, 0.3) is 0 Å². The third kappa shape index (κ3) is 5.10. The van der Waals surface area contributed by atoms with Crippen LogP contribution in [0.5, 0.6) is 0 Å². The predicted octanol–water partition coefficient (Wildman–Crippen LogP) is 8.01. The van der Waals surface area contributed by atoms with Crippen molar-refractivity contribution >= 4 is 50.3 Å². The molecular weight excluding hydrogens is 534 g/mol. The SMILES string of the molecule is Cc1cc(Nc2ccc3nc(-c4ccc(Nc5cc(C)nc6ccc(C7=C[C@@H]8CC[C@H](C7)O8)cc56)cn4)[nH]c3c2)ccn1. The van der Waals surface area contributed by atoms with Gasteiger partial charge in [0.05, 0.1) is 40.6 Å². The van der Waals surface area contributed by atoms with Crippen LogP contribution in [0.1, 0.15) is 36.2 Å². The van der Waals surface area contributed by atoms with Gasteiger partial charge < -0.3 is 20.4 Å². The van der Waals surface area contributed by atoms with E-state index in [1.807, 2.05) is 56.4 Å². The van der Waals surface area contributed by atoms with Gasteiger partial charge in [-0.25, -0.2) is 4.98 Å². The lowest BCUT2D eigenvalue weighted by Crippen LogP contribution is -2.15. The van der Waals surface area contributed by atoms with E-state index in [1.165, 1.54) is 11.1 Å². The van der Waals surface area contributed by atoms with E-state index in [2.05, 4.69) is 57.0 Å². The predicted molar refractivity (Wildman–Crippen MR) is 172 cm³/mol. The molecule has 2 aromatic carbocycles. The van der Waals surface area contributed by atoms with Crippen LogP contribution < -0.4 is 10.6 Å². The number of hydrogen-bond donors (Lipinski definition) is 3. The van der Waals surface area contributed by atoms with Crippen molar-refractivity contribution in [2.45, 2.75) is 45.3 Å². The van der Waals surface area contributed by atoms with Crippen molar-refractivity contribution in [2.75, 3.05) is 10.6 Å². The van der Waals surface area contributed by atoms with Crippen molar-refractivity contribution in [1.82, 2.24) is 24.9 Å². The topological polar surface area (TPSA) is 101 Å². The third-order valence-electron chi connectivity index (χ3n) is 8.23. The molecule has 212 valence electrons. The number of rotatable bonds is 6. The van der Waals surface area contributed by atoms with Gasteiger partial charge in [-0.2, -0.15) is 0 Å². The van der Waals surface area contributed by atoms with Gasteiger partial charge in [-0.1, -0.05) is 12.1 Å². The van der Waals surface area contributed by atoms with E-state index < -0.39 is 0 Å². The van der Waals surface area contributed by atoms with Gasteiger partial charge in [-0.15, -0.1) is 0 Å².